The first-order chi connectivity index (χ1) is 7.12. The number of hydrogen-bond acceptors (Lipinski definition) is 2. The summed E-state index contributed by atoms with van der Waals surface area (Å²) in [5.41, 5.74) is -0.553. The summed E-state index contributed by atoms with van der Waals surface area (Å²) < 4.78 is 0. The molecule has 0 aromatic carbocycles. The zero-order chi connectivity index (χ0) is 11.3. The number of carbonyl (C=O) groups is 1. The van der Waals surface area contributed by atoms with Gasteiger partial charge in [-0.3, -0.25) is 4.79 Å². The fourth-order valence-electron chi connectivity index (χ4n) is 1.71. The first kappa shape index (κ1) is 12.6. The minimum atomic E-state index is -0.553. The van der Waals surface area contributed by atoms with Gasteiger partial charge in [0.2, 0.25) is 5.12 Å². The van der Waals surface area contributed by atoms with Crippen molar-refractivity contribution in [2.45, 2.75) is 44.3 Å². The average Bonchev–Trinajstić information content (AvgIpc) is 2.29. The fraction of sp³-hybridized carbons (Fsp3) is 0.615. The van der Waals surface area contributed by atoms with Crippen LogP contribution >= 0.6 is 11.8 Å². The Bertz CT molecular complexity index is 243. The molecule has 0 aromatic heterocycles. The van der Waals surface area contributed by atoms with E-state index in [4.69, 9.17) is 0 Å². The van der Waals surface area contributed by atoms with Crippen LogP contribution in [0.25, 0.3) is 0 Å². The van der Waals surface area contributed by atoms with Crippen LogP contribution in [0, 0.1) is 5.41 Å². The van der Waals surface area contributed by atoms with E-state index in [0.29, 0.717) is 5.25 Å². The van der Waals surface area contributed by atoms with E-state index >= 15 is 0 Å². The van der Waals surface area contributed by atoms with Gasteiger partial charge in [0.15, 0.2) is 0 Å². The van der Waals surface area contributed by atoms with Crippen LogP contribution in [-0.4, -0.2) is 10.4 Å². The van der Waals surface area contributed by atoms with Gasteiger partial charge < -0.3 is 0 Å². The Kier molecular flexibility index (Phi) is 4.65. The summed E-state index contributed by atoms with van der Waals surface area (Å²) >= 11 is 1.50. The monoisotopic (exact) mass is 224 g/mol. The van der Waals surface area contributed by atoms with Gasteiger partial charge in [0, 0.05) is 5.25 Å². The molecule has 0 bridgehead atoms. The smallest absolute Gasteiger partial charge is 0.202 e. The molecule has 0 unspecified atom stereocenters. The van der Waals surface area contributed by atoms with Crippen LogP contribution in [0.4, 0.5) is 0 Å². The Morgan fingerprint density at radius 1 is 1.27 bits per heavy atom. The summed E-state index contributed by atoms with van der Waals surface area (Å²) in [6.07, 6.45) is 9.61. The average molecular weight is 224 g/mol. The Hall–Kier alpha value is -0.500. The van der Waals surface area contributed by atoms with Gasteiger partial charge >= 0.3 is 0 Å². The molecule has 0 amide bonds. The molecular weight excluding hydrogens is 204 g/mol. The normalized spacial score (nSPS) is 18.5. The van der Waals surface area contributed by atoms with Gasteiger partial charge in [0.25, 0.3) is 0 Å². The first-order valence-corrected chi connectivity index (χ1v) is 6.48. The summed E-state index contributed by atoms with van der Waals surface area (Å²) in [5.74, 6) is 0. The highest BCUT2D eigenvalue weighted by Gasteiger charge is 2.29. The lowest BCUT2D eigenvalue weighted by Crippen LogP contribution is -2.23. The molecule has 0 heterocycles. The van der Waals surface area contributed by atoms with Crippen molar-refractivity contribution in [2.24, 2.45) is 5.41 Å². The van der Waals surface area contributed by atoms with Gasteiger partial charge in [-0.15, -0.1) is 13.2 Å². The Balaban J connectivity index is 2.53. The van der Waals surface area contributed by atoms with Crippen LogP contribution in [0.15, 0.2) is 25.3 Å². The second-order valence-corrected chi connectivity index (χ2v) is 5.63. The molecule has 84 valence electrons. The maximum absolute atomic E-state index is 12.0. The van der Waals surface area contributed by atoms with E-state index in [1.807, 2.05) is 6.92 Å². The van der Waals surface area contributed by atoms with Crippen LogP contribution in [0.5, 0.6) is 0 Å². The van der Waals surface area contributed by atoms with E-state index in [0.717, 1.165) is 0 Å². The molecular formula is C13H20OS. The van der Waals surface area contributed by atoms with Crippen LogP contribution in [0.1, 0.15) is 39.0 Å². The van der Waals surface area contributed by atoms with E-state index in [-0.39, 0.29) is 5.12 Å². The highest BCUT2D eigenvalue weighted by atomic mass is 32.2. The Morgan fingerprint density at radius 2 is 1.80 bits per heavy atom. The van der Waals surface area contributed by atoms with E-state index in [1.54, 1.807) is 12.2 Å². The molecule has 1 aliphatic rings. The number of rotatable bonds is 4. The van der Waals surface area contributed by atoms with Gasteiger partial charge in [-0.1, -0.05) is 43.2 Å². The second kappa shape index (κ2) is 5.55. The predicted octanol–water partition coefficient (Wildman–Crippen LogP) is 3.96. The summed E-state index contributed by atoms with van der Waals surface area (Å²) in [6, 6.07) is 0. The third-order valence-electron chi connectivity index (χ3n) is 3.11. The molecule has 15 heavy (non-hydrogen) atoms. The fourth-order valence-corrected chi connectivity index (χ4v) is 3.00. The van der Waals surface area contributed by atoms with Crippen LogP contribution < -0.4 is 0 Å². The summed E-state index contributed by atoms with van der Waals surface area (Å²) in [4.78, 5) is 12.0. The Morgan fingerprint density at radius 3 is 2.27 bits per heavy atom. The molecule has 0 atom stereocenters. The lowest BCUT2D eigenvalue weighted by Gasteiger charge is -2.25. The second-order valence-electron chi connectivity index (χ2n) is 4.36. The zero-order valence-corrected chi connectivity index (χ0v) is 10.3. The highest BCUT2D eigenvalue weighted by molar-refractivity contribution is 8.14. The van der Waals surface area contributed by atoms with Crippen LogP contribution in [0.2, 0.25) is 0 Å². The minimum Gasteiger partial charge on any atom is -0.286 e. The van der Waals surface area contributed by atoms with Crippen molar-refractivity contribution in [3.05, 3.63) is 25.3 Å². The predicted molar refractivity (Wildman–Crippen MR) is 68.0 cm³/mol. The molecule has 0 N–H and O–H groups in total. The third-order valence-corrected chi connectivity index (χ3v) is 4.57. The van der Waals surface area contributed by atoms with Gasteiger partial charge in [0.05, 0.1) is 5.41 Å². The van der Waals surface area contributed by atoms with E-state index in [1.165, 1.54) is 43.9 Å². The maximum atomic E-state index is 12.0. The van der Waals surface area contributed by atoms with Crippen molar-refractivity contribution >= 4 is 16.9 Å². The molecule has 1 fully saturated rings. The van der Waals surface area contributed by atoms with Gasteiger partial charge in [-0.25, -0.2) is 0 Å². The molecule has 0 aliphatic heterocycles. The number of carbonyl (C=O) groups excluding carboxylic acids is 1. The molecule has 0 spiro atoms. The van der Waals surface area contributed by atoms with Crippen molar-refractivity contribution < 1.29 is 4.79 Å². The molecule has 2 heteroatoms. The lowest BCUT2D eigenvalue weighted by atomic mass is 9.93. The summed E-state index contributed by atoms with van der Waals surface area (Å²) in [7, 11) is 0. The Labute approximate surface area is 97.0 Å². The summed E-state index contributed by atoms with van der Waals surface area (Å²) in [6.45, 7) is 9.30. The topological polar surface area (TPSA) is 17.1 Å². The number of hydrogen-bond donors (Lipinski definition) is 0. The zero-order valence-electron chi connectivity index (χ0n) is 9.50. The van der Waals surface area contributed by atoms with E-state index < -0.39 is 5.41 Å². The first-order valence-electron chi connectivity index (χ1n) is 5.60. The minimum absolute atomic E-state index is 0.194. The van der Waals surface area contributed by atoms with Gasteiger partial charge in [-0.2, -0.15) is 0 Å². The van der Waals surface area contributed by atoms with Crippen LogP contribution in [0.3, 0.4) is 0 Å². The third kappa shape index (κ3) is 3.23. The quantitative estimate of drug-likeness (QED) is 0.672. The molecule has 0 aromatic rings. The van der Waals surface area contributed by atoms with Crippen molar-refractivity contribution in [2.75, 3.05) is 0 Å². The van der Waals surface area contributed by atoms with Crippen molar-refractivity contribution in [1.82, 2.24) is 0 Å². The molecule has 1 rings (SSSR count). The maximum Gasteiger partial charge on any atom is 0.202 e. The highest BCUT2D eigenvalue weighted by Crippen LogP contribution is 2.35. The lowest BCUT2D eigenvalue weighted by molar-refractivity contribution is -0.115. The SMILES string of the molecule is C=CC(C)(C=C)C(=O)SC1CCCCC1. The number of allylic oxidation sites excluding steroid dienone is 2. The van der Waals surface area contributed by atoms with Crippen molar-refractivity contribution in [3.63, 3.8) is 0 Å². The van der Waals surface area contributed by atoms with E-state index in [9.17, 15) is 4.79 Å². The van der Waals surface area contributed by atoms with Crippen molar-refractivity contribution in [3.8, 4) is 0 Å². The molecule has 1 saturated carbocycles. The molecule has 0 radical (unpaired) electrons. The largest absolute Gasteiger partial charge is 0.286 e. The van der Waals surface area contributed by atoms with Gasteiger partial charge in [-0.05, 0) is 19.8 Å². The molecule has 0 saturated heterocycles. The number of thioether (sulfide) groups is 1. The van der Waals surface area contributed by atoms with Gasteiger partial charge in [0.1, 0.15) is 0 Å². The van der Waals surface area contributed by atoms with E-state index in [2.05, 4.69) is 13.2 Å². The molecule has 1 aliphatic carbocycles. The standard InChI is InChI=1S/C13H20OS/c1-4-13(3,5-2)12(14)15-11-9-7-6-8-10-11/h4-5,11H,1-2,6-10H2,3H3. The summed E-state index contributed by atoms with van der Waals surface area (Å²) in [5, 5.41) is 0.713. The molecule has 1 nitrogen and oxygen atoms in total. The van der Waals surface area contributed by atoms with Crippen LogP contribution in [-0.2, 0) is 4.79 Å². The van der Waals surface area contributed by atoms with Crippen molar-refractivity contribution in [1.29, 1.82) is 0 Å².